The van der Waals surface area contributed by atoms with Crippen LogP contribution < -0.4 is 5.32 Å². The lowest BCUT2D eigenvalue weighted by Gasteiger charge is -2.37. The van der Waals surface area contributed by atoms with Crippen LogP contribution in [0.25, 0.3) is 10.8 Å². The molecule has 0 unspecified atom stereocenters. The summed E-state index contributed by atoms with van der Waals surface area (Å²) in [4.78, 5) is 26.0. The number of fused-ring (bicyclic) bond motifs is 1. The van der Waals surface area contributed by atoms with Crippen molar-refractivity contribution in [2.75, 3.05) is 13.1 Å². The predicted molar refractivity (Wildman–Crippen MR) is 105 cm³/mol. The van der Waals surface area contributed by atoms with E-state index >= 15 is 0 Å². The highest BCUT2D eigenvalue weighted by molar-refractivity contribution is 5.86. The predicted octanol–water partition coefficient (Wildman–Crippen LogP) is 3.74. The number of piperidine rings is 1. The molecule has 1 heterocycles. The summed E-state index contributed by atoms with van der Waals surface area (Å²) in [5.41, 5.74) is 1.15. The molecule has 2 aromatic carbocycles. The highest BCUT2D eigenvalue weighted by Gasteiger charge is 2.30. The number of hydrogen-bond donors (Lipinski definition) is 1. The van der Waals surface area contributed by atoms with Crippen molar-refractivity contribution in [2.45, 2.75) is 39.7 Å². The molecular weight excluding hydrogens is 324 g/mol. The van der Waals surface area contributed by atoms with Crippen LogP contribution in [0.4, 0.5) is 0 Å². The first-order chi connectivity index (χ1) is 12.6. The lowest BCUT2D eigenvalue weighted by Crippen LogP contribution is -2.43. The quantitative estimate of drug-likeness (QED) is 0.891. The minimum Gasteiger partial charge on any atom is -0.352 e. The van der Waals surface area contributed by atoms with Crippen LogP contribution in [0, 0.1) is 11.8 Å². The Hall–Kier alpha value is -2.36. The topological polar surface area (TPSA) is 49.4 Å². The number of likely N-dealkylation sites (tertiary alicyclic amines) is 1. The standard InChI is InChI=1S/C22H28N2O2/c1-3-17-15-24(16(2)25)12-11-19(17)13-22(26)23-14-20-9-6-8-18-7-4-5-10-21(18)20/h4-10,17,19H,3,11-15H2,1-2H3,(H,23,26)/t17-,19-/m0/s1. The van der Waals surface area contributed by atoms with Gasteiger partial charge in [-0.25, -0.2) is 0 Å². The van der Waals surface area contributed by atoms with E-state index in [1.807, 2.05) is 23.1 Å². The number of hydrogen-bond acceptors (Lipinski definition) is 2. The van der Waals surface area contributed by atoms with Crippen molar-refractivity contribution >= 4 is 22.6 Å². The normalized spacial score (nSPS) is 20.2. The van der Waals surface area contributed by atoms with Crippen molar-refractivity contribution in [1.82, 2.24) is 10.2 Å². The molecule has 138 valence electrons. The summed E-state index contributed by atoms with van der Waals surface area (Å²) in [5, 5.41) is 5.48. The van der Waals surface area contributed by atoms with Gasteiger partial charge in [0.05, 0.1) is 0 Å². The third kappa shape index (κ3) is 4.24. The third-order valence-corrected chi connectivity index (χ3v) is 5.66. The number of carbonyl (C=O) groups is 2. The first-order valence-electron chi connectivity index (χ1n) is 9.57. The first-order valence-corrected chi connectivity index (χ1v) is 9.57. The van der Waals surface area contributed by atoms with Crippen LogP contribution in [0.2, 0.25) is 0 Å². The van der Waals surface area contributed by atoms with E-state index in [1.165, 1.54) is 10.8 Å². The second-order valence-electron chi connectivity index (χ2n) is 7.30. The zero-order valence-electron chi connectivity index (χ0n) is 15.7. The molecule has 1 N–H and O–H groups in total. The molecule has 2 aromatic rings. The average molecular weight is 352 g/mol. The van der Waals surface area contributed by atoms with Crippen LogP contribution in [0.15, 0.2) is 42.5 Å². The molecule has 1 saturated heterocycles. The second kappa shape index (κ2) is 8.35. The molecule has 0 saturated carbocycles. The van der Waals surface area contributed by atoms with Crippen LogP contribution in [0.3, 0.4) is 0 Å². The van der Waals surface area contributed by atoms with Gasteiger partial charge in [0.1, 0.15) is 0 Å². The molecule has 4 heteroatoms. The summed E-state index contributed by atoms with van der Waals surface area (Å²) in [5.74, 6) is 1.03. The summed E-state index contributed by atoms with van der Waals surface area (Å²) in [6.45, 7) is 5.89. The Balaban J connectivity index is 1.58. The van der Waals surface area contributed by atoms with E-state index in [0.29, 0.717) is 24.8 Å². The first kappa shape index (κ1) is 18.4. The Labute approximate surface area is 155 Å². The van der Waals surface area contributed by atoms with Crippen LogP contribution in [-0.2, 0) is 16.1 Å². The summed E-state index contributed by atoms with van der Waals surface area (Å²) in [6, 6.07) is 14.5. The molecular formula is C22H28N2O2. The van der Waals surface area contributed by atoms with Gasteiger partial charge in [-0.1, -0.05) is 55.8 Å². The average Bonchev–Trinajstić information content (AvgIpc) is 2.66. The fourth-order valence-corrected chi connectivity index (χ4v) is 4.05. The molecule has 0 aliphatic carbocycles. The van der Waals surface area contributed by atoms with Crippen molar-refractivity contribution in [3.8, 4) is 0 Å². The largest absolute Gasteiger partial charge is 0.352 e. The van der Waals surface area contributed by atoms with Crippen LogP contribution >= 0.6 is 0 Å². The second-order valence-corrected chi connectivity index (χ2v) is 7.30. The van der Waals surface area contributed by atoms with E-state index in [4.69, 9.17) is 0 Å². The summed E-state index contributed by atoms with van der Waals surface area (Å²) in [6.07, 6.45) is 2.47. The zero-order valence-corrected chi connectivity index (χ0v) is 15.7. The van der Waals surface area contributed by atoms with Gasteiger partial charge in [0.25, 0.3) is 0 Å². The van der Waals surface area contributed by atoms with Crippen molar-refractivity contribution in [3.05, 3.63) is 48.0 Å². The number of amides is 2. The third-order valence-electron chi connectivity index (χ3n) is 5.66. The van der Waals surface area contributed by atoms with Gasteiger partial charge in [-0.2, -0.15) is 0 Å². The molecule has 1 aliphatic heterocycles. The highest BCUT2D eigenvalue weighted by atomic mass is 16.2. The van der Waals surface area contributed by atoms with Gasteiger partial charge < -0.3 is 10.2 Å². The maximum Gasteiger partial charge on any atom is 0.220 e. The fraction of sp³-hybridized carbons (Fsp3) is 0.455. The molecule has 2 amide bonds. The van der Waals surface area contributed by atoms with Crippen molar-refractivity contribution < 1.29 is 9.59 Å². The maximum absolute atomic E-state index is 12.5. The SMILES string of the molecule is CC[C@H]1CN(C(C)=O)CC[C@H]1CC(=O)NCc1cccc2ccccc12. The Morgan fingerprint density at radius 3 is 2.65 bits per heavy atom. The van der Waals surface area contributed by atoms with E-state index in [1.54, 1.807) is 6.92 Å². The Morgan fingerprint density at radius 1 is 1.12 bits per heavy atom. The fourth-order valence-electron chi connectivity index (χ4n) is 4.05. The van der Waals surface area contributed by atoms with Gasteiger partial charge in [0, 0.05) is 33.0 Å². The van der Waals surface area contributed by atoms with Crippen molar-refractivity contribution in [3.63, 3.8) is 0 Å². The molecule has 1 fully saturated rings. The zero-order chi connectivity index (χ0) is 18.5. The summed E-state index contributed by atoms with van der Waals surface area (Å²) < 4.78 is 0. The Kier molecular flexibility index (Phi) is 5.92. The number of nitrogens with zero attached hydrogens (tertiary/aromatic N) is 1. The minimum absolute atomic E-state index is 0.109. The number of nitrogens with one attached hydrogen (secondary N) is 1. The van der Waals surface area contributed by atoms with Gasteiger partial charge in [-0.3, -0.25) is 9.59 Å². The molecule has 4 nitrogen and oxygen atoms in total. The molecule has 0 aromatic heterocycles. The summed E-state index contributed by atoms with van der Waals surface area (Å²) in [7, 11) is 0. The van der Waals surface area contributed by atoms with Gasteiger partial charge in [-0.15, -0.1) is 0 Å². The van der Waals surface area contributed by atoms with Crippen LogP contribution in [0.1, 0.15) is 38.7 Å². The van der Waals surface area contributed by atoms with Crippen molar-refractivity contribution in [1.29, 1.82) is 0 Å². The Morgan fingerprint density at radius 2 is 1.88 bits per heavy atom. The number of carbonyl (C=O) groups excluding carboxylic acids is 2. The maximum atomic E-state index is 12.5. The molecule has 0 bridgehead atoms. The van der Waals surface area contributed by atoms with Gasteiger partial charge in [0.2, 0.25) is 11.8 Å². The van der Waals surface area contributed by atoms with Crippen LogP contribution in [-0.4, -0.2) is 29.8 Å². The van der Waals surface area contributed by atoms with Gasteiger partial charge >= 0.3 is 0 Å². The molecule has 0 radical (unpaired) electrons. The molecule has 1 aliphatic rings. The van der Waals surface area contributed by atoms with E-state index in [-0.39, 0.29) is 11.8 Å². The van der Waals surface area contributed by atoms with E-state index in [9.17, 15) is 9.59 Å². The van der Waals surface area contributed by atoms with Crippen LogP contribution in [0.5, 0.6) is 0 Å². The van der Waals surface area contributed by atoms with E-state index < -0.39 is 0 Å². The molecule has 0 spiro atoms. The number of benzene rings is 2. The number of rotatable bonds is 5. The van der Waals surface area contributed by atoms with Gasteiger partial charge in [-0.05, 0) is 34.6 Å². The smallest absolute Gasteiger partial charge is 0.220 e. The minimum atomic E-state index is 0.109. The van der Waals surface area contributed by atoms with Gasteiger partial charge in [0.15, 0.2) is 0 Å². The molecule has 3 rings (SSSR count). The van der Waals surface area contributed by atoms with Crippen molar-refractivity contribution in [2.24, 2.45) is 11.8 Å². The lowest BCUT2D eigenvalue weighted by atomic mass is 9.81. The summed E-state index contributed by atoms with van der Waals surface area (Å²) >= 11 is 0. The molecule has 26 heavy (non-hydrogen) atoms. The molecule has 2 atom stereocenters. The Bertz CT molecular complexity index is 781. The highest BCUT2D eigenvalue weighted by Crippen LogP contribution is 2.29. The monoisotopic (exact) mass is 352 g/mol. The van der Waals surface area contributed by atoms with E-state index in [2.05, 4.69) is 36.5 Å². The van der Waals surface area contributed by atoms with E-state index in [0.717, 1.165) is 31.5 Å². The lowest BCUT2D eigenvalue weighted by molar-refractivity contribution is -0.132.